The fourth-order valence-electron chi connectivity index (χ4n) is 10.7. The van der Waals surface area contributed by atoms with Crippen LogP contribution >= 0.6 is 0 Å². The summed E-state index contributed by atoms with van der Waals surface area (Å²) in [7, 11) is 0. The highest BCUT2D eigenvalue weighted by molar-refractivity contribution is 5.13. The van der Waals surface area contributed by atoms with Crippen LogP contribution in [0.3, 0.4) is 0 Å². The normalized spacial score (nSPS) is 58.3. The van der Waals surface area contributed by atoms with Gasteiger partial charge in [-0.15, -0.1) is 0 Å². The smallest absolute Gasteiger partial charge is 0.0259 e. The SMILES string of the molecule is CC1(C)CCCC2(C)C1CCC1(C)C3CCC4(C)CCCC4C3CCC12. The van der Waals surface area contributed by atoms with E-state index in [2.05, 4.69) is 34.6 Å². The van der Waals surface area contributed by atoms with E-state index < -0.39 is 0 Å². The quantitative estimate of drug-likeness (QED) is 0.414. The summed E-state index contributed by atoms with van der Waals surface area (Å²) in [4.78, 5) is 0. The van der Waals surface area contributed by atoms with Crippen molar-refractivity contribution in [1.82, 2.24) is 0 Å². The maximum atomic E-state index is 2.79. The Hall–Kier alpha value is 0. The molecule has 5 saturated carbocycles. The molecule has 0 amide bonds. The van der Waals surface area contributed by atoms with Crippen LogP contribution in [0.15, 0.2) is 0 Å². The molecule has 0 heterocycles. The molecule has 0 aromatic heterocycles. The molecule has 0 radical (unpaired) electrons. The van der Waals surface area contributed by atoms with Crippen molar-refractivity contribution in [3.05, 3.63) is 0 Å². The summed E-state index contributed by atoms with van der Waals surface area (Å²) in [5.74, 6) is 5.21. The highest BCUT2D eigenvalue weighted by Gasteiger charge is 2.64. The van der Waals surface area contributed by atoms with Crippen LogP contribution in [0.1, 0.15) is 112 Å². The zero-order chi connectivity index (χ0) is 18.4. The van der Waals surface area contributed by atoms with Crippen molar-refractivity contribution < 1.29 is 0 Å². The van der Waals surface area contributed by atoms with Crippen molar-refractivity contribution in [3.8, 4) is 0 Å². The van der Waals surface area contributed by atoms with Gasteiger partial charge >= 0.3 is 0 Å². The van der Waals surface area contributed by atoms with Gasteiger partial charge < -0.3 is 0 Å². The minimum Gasteiger partial charge on any atom is -0.0596 e. The zero-order valence-corrected chi connectivity index (χ0v) is 18.4. The lowest BCUT2D eigenvalue weighted by Crippen LogP contribution is -2.61. The van der Waals surface area contributed by atoms with Crippen LogP contribution in [0.2, 0.25) is 0 Å². The van der Waals surface area contributed by atoms with Gasteiger partial charge in [0.05, 0.1) is 0 Å². The number of fused-ring (bicyclic) bond motifs is 7. The van der Waals surface area contributed by atoms with E-state index in [-0.39, 0.29) is 0 Å². The molecule has 5 aliphatic rings. The monoisotopic (exact) mass is 356 g/mol. The largest absolute Gasteiger partial charge is 0.0596 e. The van der Waals surface area contributed by atoms with Crippen LogP contribution in [0.5, 0.6) is 0 Å². The van der Waals surface area contributed by atoms with Crippen LogP contribution in [0.4, 0.5) is 0 Å². The lowest BCUT2D eigenvalue weighted by Gasteiger charge is -2.68. The molecule has 0 N–H and O–H groups in total. The van der Waals surface area contributed by atoms with Gasteiger partial charge in [-0.3, -0.25) is 0 Å². The Labute approximate surface area is 163 Å². The predicted molar refractivity (Wildman–Crippen MR) is 111 cm³/mol. The van der Waals surface area contributed by atoms with Crippen molar-refractivity contribution in [2.75, 3.05) is 0 Å². The number of rotatable bonds is 0. The number of hydrogen-bond donors (Lipinski definition) is 0. The molecule has 8 unspecified atom stereocenters. The molecule has 0 heteroatoms. The molecule has 0 aromatic carbocycles. The Morgan fingerprint density at radius 1 is 0.538 bits per heavy atom. The third-order valence-corrected chi connectivity index (χ3v) is 11.7. The molecule has 5 fully saturated rings. The van der Waals surface area contributed by atoms with Crippen LogP contribution in [0.25, 0.3) is 0 Å². The van der Waals surface area contributed by atoms with E-state index in [1.807, 2.05) is 0 Å². The molecule has 0 saturated heterocycles. The van der Waals surface area contributed by atoms with Gasteiger partial charge in [0, 0.05) is 0 Å². The first kappa shape index (κ1) is 18.1. The van der Waals surface area contributed by atoms with Crippen molar-refractivity contribution in [3.63, 3.8) is 0 Å². The molecule has 148 valence electrons. The average Bonchev–Trinajstić information content (AvgIpc) is 2.95. The molecular formula is C26H44. The summed E-state index contributed by atoms with van der Waals surface area (Å²) < 4.78 is 0. The highest BCUT2D eigenvalue weighted by Crippen LogP contribution is 2.72. The lowest BCUT2D eigenvalue weighted by atomic mass is 9.36. The number of hydrogen-bond acceptors (Lipinski definition) is 0. The maximum absolute atomic E-state index is 2.79. The standard InChI is InChI=1S/C26H44/c1-23(2)13-7-15-26(5)21(23)12-17-25(4)20-11-16-24(3)14-6-8-19(24)18(20)9-10-22(25)26/h18-22H,6-17H2,1-5H3. The van der Waals surface area contributed by atoms with Gasteiger partial charge in [0.25, 0.3) is 0 Å². The minimum atomic E-state index is 0.585. The Balaban J connectivity index is 1.49. The van der Waals surface area contributed by atoms with Gasteiger partial charge in [0.1, 0.15) is 0 Å². The second kappa shape index (κ2) is 5.54. The Morgan fingerprint density at radius 2 is 1.35 bits per heavy atom. The van der Waals surface area contributed by atoms with E-state index in [0.717, 1.165) is 35.0 Å². The molecule has 0 nitrogen and oxygen atoms in total. The van der Waals surface area contributed by atoms with Crippen molar-refractivity contribution in [2.45, 2.75) is 112 Å². The summed E-state index contributed by atoms with van der Waals surface area (Å²) in [6.07, 6.45) is 18.4. The van der Waals surface area contributed by atoms with Crippen molar-refractivity contribution in [1.29, 1.82) is 0 Å². The Bertz CT molecular complexity index is 575. The zero-order valence-electron chi connectivity index (χ0n) is 18.4. The fraction of sp³-hybridized carbons (Fsp3) is 1.00. The van der Waals surface area contributed by atoms with Gasteiger partial charge in [0.2, 0.25) is 0 Å². The summed E-state index contributed by atoms with van der Waals surface area (Å²) in [5.41, 5.74) is 2.60. The van der Waals surface area contributed by atoms with E-state index in [1.165, 1.54) is 38.5 Å². The molecule has 0 bridgehead atoms. The van der Waals surface area contributed by atoms with E-state index in [4.69, 9.17) is 0 Å². The average molecular weight is 357 g/mol. The first-order chi connectivity index (χ1) is 12.2. The molecule has 0 spiro atoms. The van der Waals surface area contributed by atoms with Crippen molar-refractivity contribution >= 4 is 0 Å². The molecular weight excluding hydrogens is 312 g/mol. The summed E-state index contributed by atoms with van der Waals surface area (Å²) in [6.45, 7) is 13.4. The van der Waals surface area contributed by atoms with Crippen LogP contribution in [0, 0.1) is 51.2 Å². The molecule has 8 atom stereocenters. The molecule has 5 rings (SSSR count). The van der Waals surface area contributed by atoms with Gasteiger partial charge in [-0.05, 0) is 115 Å². The Kier molecular flexibility index (Phi) is 3.84. The highest BCUT2D eigenvalue weighted by atomic mass is 14.7. The van der Waals surface area contributed by atoms with Crippen molar-refractivity contribution in [2.24, 2.45) is 51.2 Å². The summed E-state index contributed by atoms with van der Waals surface area (Å²) >= 11 is 0. The third kappa shape index (κ3) is 2.20. The Morgan fingerprint density at radius 3 is 2.15 bits per heavy atom. The van der Waals surface area contributed by atoms with Gasteiger partial charge in [-0.25, -0.2) is 0 Å². The maximum Gasteiger partial charge on any atom is -0.0259 e. The second-order valence-electron chi connectivity index (χ2n) is 13.0. The molecule has 5 aliphatic carbocycles. The van der Waals surface area contributed by atoms with E-state index in [1.54, 1.807) is 38.5 Å². The predicted octanol–water partition coefficient (Wildman–Crippen LogP) is 7.86. The van der Waals surface area contributed by atoms with Crippen LogP contribution in [-0.4, -0.2) is 0 Å². The van der Waals surface area contributed by atoms with Gasteiger partial charge in [-0.1, -0.05) is 47.5 Å². The molecule has 0 aromatic rings. The van der Waals surface area contributed by atoms with E-state index >= 15 is 0 Å². The van der Waals surface area contributed by atoms with E-state index in [9.17, 15) is 0 Å². The second-order valence-corrected chi connectivity index (χ2v) is 13.0. The first-order valence-electron chi connectivity index (χ1n) is 12.2. The van der Waals surface area contributed by atoms with Crippen LogP contribution in [-0.2, 0) is 0 Å². The molecule has 26 heavy (non-hydrogen) atoms. The summed E-state index contributed by atoms with van der Waals surface area (Å²) in [5, 5.41) is 0. The fourth-order valence-corrected chi connectivity index (χ4v) is 10.7. The third-order valence-electron chi connectivity index (χ3n) is 11.7. The van der Waals surface area contributed by atoms with Gasteiger partial charge in [-0.2, -0.15) is 0 Å². The van der Waals surface area contributed by atoms with Crippen LogP contribution < -0.4 is 0 Å². The molecule has 0 aliphatic heterocycles. The lowest BCUT2D eigenvalue weighted by molar-refractivity contribution is -0.194. The minimum absolute atomic E-state index is 0.585. The topological polar surface area (TPSA) is 0 Å². The van der Waals surface area contributed by atoms with E-state index in [0.29, 0.717) is 16.2 Å². The first-order valence-corrected chi connectivity index (χ1v) is 12.2. The van der Waals surface area contributed by atoms with Gasteiger partial charge in [0.15, 0.2) is 0 Å². The summed E-state index contributed by atoms with van der Waals surface area (Å²) in [6, 6.07) is 0.